The summed E-state index contributed by atoms with van der Waals surface area (Å²) in [5.41, 5.74) is 1.65. The van der Waals surface area contributed by atoms with Crippen molar-refractivity contribution in [2.24, 2.45) is 4.99 Å². The van der Waals surface area contributed by atoms with Crippen molar-refractivity contribution in [3.8, 4) is 0 Å². The molecule has 0 spiro atoms. The minimum atomic E-state index is -0.242. The molecule has 1 amide bonds. The molecule has 1 heterocycles. The van der Waals surface area contributed by atoms with E-state index in [2.05, 4.69) is 49.8 Å². The van der Waals surface area contributed by atoms with Crippen LogP contribution < -0.4 is 4.80 Å². The number of halogens is 1. The second-order valence-corrected chi connectivity index (χ2v) is 8.19. The first-order valence-corrected chi connectivity index (χ1v) is 10.7. The van der Waals surface area contributed by atoms with Crippen LogP contribution >= 0.6 is 27.3 Å². The van der Waals surface area contributed by atoms with Gasteiger partial charge in [-0.15, -0.1) is 0 Å². The van der Waals surface area contributed by atoms with E-state index in [-0.39, 0.29) is 5.91 Å². The molecule has 142 valence electrons. The Morgan fingerprint density at radius 2 is 1.89 bits per heavy atom. The van der Waals surface area contributed by atoms with Crippen LogP contribution in [0.5, 0.6) is 0 Å². The molecule has 1 aromatic heterocycles. The highest BCUT2D eigenvalue weighted by atomic mass is 79.9. The van der Waals surface area contributed by atoms with Gasteiger partial charge in [-0.3, -0.25) is 4.79 Å². The average molecular weight is 455 g/mol. The van der Waals surface area contributed by atoms with Crippen LogP contribution in [0.1, 0.15) is 17.3 Å². The largest absolute Gasteiger partial charge is 0.380 e. The lowest BCUT2D eigenvalue weighted by molar-refractivity contribution is 0.0996. The minimum Gasteiger partial charge on any atom is -0.380 e. The number of carbonyl (C=O) groups is 1. The molecule has 0 N–H and O–H groups in total. The summed E-state index contributed by atoms with van der Waals surface area (Å²) >= 11 is 4.94. The number of hydrogen-bond acceptors (Lipinski definition) is 3. The first-order chi connectivity index (χ1) is 13.7. The Bertz CT molecular complexity index is 1210. The lowest BCUT2D eigenvalue weighted by Gasteiger charge is -2.06. The van der Waals surface area contributed by atoms with Crippen LogP contribution in [-0.2, 0) is 11.3 Å². The van der Waals surface area contributed by atoms with Crippen molar-refractivity contribution in [2.45, 2.75) is 13.5 Å². The van der Waals surface area contributed by atoms with Crippen LogP contribution in [0.15, 0.2) is 70.1 Å². The molecule has 6 heteroatoms. The Morgan fingerprint density at radius 3 is 2.68 bits per heavy atom. The summed E-state index contributed by atoms with van der Waals surface area (Å²) in [6.07, 6.45) is 0. The summed E-state index contributed by atoms with van der Waals surface area (Å²) in [5.74, 6) is -0.242. The highest BCUT2D eigenvalue weighted by molar-refractivity contribution is 9.10. The van der Waals surface area contributed by atoms with Gasteiger partial charge in [0.1, 0.15) is 0 Å². The van der Waals surface area contributed by atoms with E-state index < -0.39 is 0 Å². The molecule has 0 unspecified atom stereocenters. The lowest BCUT2D eigenvalue weighted by Crippen LogP contribution is -2.19. The summed E-state index contributed by atoms with van der Waals surface area (Å²) < 4.78 is 9.71. The van der Waals surface area contributed by atoms with Gasteiger partial charge < -0.3 is 9.30 Å². The lowest BCUT2D eigenvalue weighted by atomic mass is 10.1. The first kappa shape index (κ1) is 19.1. The van der Waals surface area contributed by atoms with Crippen molar-refractivity contribution in [1.29, 1.82) is 0 Å². The van der Waals surface area contributed by atoms with Gasteiger partial charge in [-0.05, 0) is 42.6 Å². The van der Waals surface area contributed by atoms with Gasteiger partial charge in [0.25, 0.3) is 5.91 Å². The first-order valence-electron chi connectivity index (χ1n) is 9.11. The van der Waals surface area contributed by atoms with E-state index in [0.29, 0.717) is 30.1 Å². The number of nitrogens with zero attached hydrogens (tertiary/aromatic N) is 2. The highest BCUT2D eigenvalue weighted by Crippen LogP contribution is 2.27. The zero-order valence-corrected chi connectivity index (χ0v) is 17.8. The molecule has 4 aromatic rings. The Balaban J connectivity index is 1.87. The summed E-state index contributed by atoms with van der Waals surface area (Å²) in [6.45, 7) is 3.87. The van der Waals surface area contributed by atoms with E-state index in [1.807, 2.05) is 31.2 Å². The normalized spacial score (nSPS) is 12.1. The molecule has 3 aromatic carbocycles. The molecular weight excluding hydrogens is 436 g/mol. The topological polar surface area (TPSA) is 43.6 Å². The maximum absolute atomic E-state index is 12.7. The van der Waals surface area contributed by atoms with Gasteiger partial charge in [0.2, 0.25) is 0 Å². The monoisotopic (exact) mass is 454 g/mol. The van der Waals surface area contributed by atoms with E-state index in [4.69, 9.17) is 4.74 Å². The van der Waals surface area contributed by atoms with Gasteiger partial charge in [0.15, 0.2) is 4.80 Å². The van der Waals surface area contributed by atoms with E-state index in [1.54, 1.807) is 23.5 Å². The average Bonchev–Trinajstić information content (AvgIpc) is 3.06. The molecule has 0 aliphatic rings. The Labute approximate surface area is 175 Å². The molecular formula is C22H19BrN2O2S. The van der Waals surface area contributed by atoms with Crippen molar-refractivity contribution in [3.63, 3.8) is 0 Å². The zero-order valence-electron chi connectivity index (χ0n) is 15.4. The number of rotatable bonds is 5. The van der Waals surface area contributed by atoms with Gasteiger partial charge >= 0.3 is 0 Å². The van der Waals surface area contributed by atoms with Gasteiger partial charge in [0, 0.05) is 28.6 Å². The van der Waals surface area contributed by atoms with Crippen molar-refractivity contribution >= 4 is 54.2 Å². The Morgan fingerprint density at radius 1 is 1.11 bits per heavy atom. The van der Waals surface area contributed by atoms with Crippen LogP contribution in [-0.4, -0.2) is 23.7 Å². The highest BCUT2D eigenvalue weighted by Gasteiger charge is 2.11. The summed E-state index contributed by atoms with van der Waals surface area (Å²) in [4.78, 5) is 17.9. The fourth-order valence-electron chi connectivity index (χ4n) is 3.14. The predicted molar refractivity (Wildman–Crippen MR) is 118 cm³/mol. The van der Waals surface area contributed by atoms with Crippen molar-refractivity contribution in [3.05, 3.63) is 75.5 Å². The van der Waals surface area contributed by atoms with Crippen LogP contribution in [0, 0.1) is 0 Å². The van der Waals surface area contributed by atoms with E-state index in [1.165, 1.54) is 10.8 Å². The second-order valence-electron chi connectivity index (χ2n) is 6.29. The summed E-state index contributed by atoms with van der Waals surface area (Å²) in [7, 11) is 0. The number of amides is 1. The summed E-state index contributed by atoms with van der Waals surface area (Å²) in [6, 6.07) is 19.8. The standard InChI is InChI=1S/C22H19BrN2O2S/c1-2-27-14-13-25-19-12-9-15-5-3-4-6-18(15)20(19)28-22(25)24-21(26)16-7-10-17(23)11-8-16/h3-12H,2,13-14H2,1H3. The molecule has 0 aliphatic heterocycles. The summed E-state index contributed by atoms with van der Waals surface area (Å²) in [5, 5.41) is 2.35. The van der Waals surface area contributed by atoms with Crippen molar-refractivity contribution in [1.82, 2.24) is 4.57 Å². The van der Waals surface area contributed by atoms with Crippen LogP contribution in [0.25, 0.3) is 21.0 Å². The molecule has 4 rings (SSSR count). The van der Waals surface area contributed by atoms with Crippen LogP contribution in [0.4, 0.5) is 0 Å². The smallest absolute Gasteiger partial charge is 0.279 e. The fraction of sp³-hybridized carbons (Fsp3) is 0.182. The number of fused-ring (bicyclic) bond motifs is 3. The van der Waals surface area contributed by atoms with Gasteiger partial charge in [0.05, 0.1) is 16.8 Å². The van der Waals surface area contributed by atoms with Gasteiger partial charge in [-0.25, -0.2) is 0 Å². The molecule has 0 saturated heterocycles. The van der Waals surface area contributed by atoms with Crippen LogP contribution in [0.2, 0.25) is 0 Å². The SMILES string of the molecule is CCOCCn1c(=NC(=O)c2ccc(Br)cc2)sc2c3ccccc3ccc21. The van der Waals surface area contributed by atoms with E-state index >= 15 is 0 Å². The quantitative estimate of drug-likeness (QED) is 0.379. The predicted octanol–water partition coefficient (Wildman–Crippen LogP) is 5.40. The molecule has 0 atom stereocenters. The van der Waals surface area contributed by atoms with E-state index in [9.17, 15) is 4.79 Å². The van der Waals surface area contributed by atoms with Gasteiger partial charge in [-0.2, -0.15) is 4.99 Å². The molecule has 0 fully saturated rings. The van der Waals surface area contributed by atoms with E-state index in [0.717, 1.165) is 14.7 Å². The Kier molecular flexibility index (Phi) is 5.71. The molecule has 28 heavy (non-hydrogen) atoms. The number of thiazole rings is 1. The van der Waals surface area contributed by atoms with Crippen molar-refractivity contribution < 1.29 is 9.53 Å². The minimum absolute atomic E-state index is 0.242. The fourth-order valence-corrected chi connectivity index (χ4v) is 4.60. The maximum Gasteiger partial charge on any atom is 0.279 e. The number of carbonyl (C=O) groups excluding carboxylic acids is 1. The maximum atomic E-state index is 12.7. The number of hydrogen-bond donors (Lipinski definition) is 0. The zero-order chi connectivity index (χ0) is 19.5. The molecule has 0 aliphatic carbocycles. The van der Waals surface area contributed by atoms with Crippen LogP contribution in [0.3, 0.4) is 0 Å². The third kappa shape index (κ3) is 3.81. The molecule has 0 bridgehead atoms. The number of ether oxygens (including phenoxy) is 1. The second kappa shape index (κ2) is 8.39. The van der Waals surface area contributed by atoms with Gasteiger partial charge in [-0.1, -0.05) is 57.6 Å². The molecule has 4 nitrogen and oxygen atoms in total. The van der Waals surface area contributed by atoms with Crippen molar-refractivity contribution in [2.75, 3.05) is 13.2 Å². The molecule has 0 saturated carbocycles. The number of benzene rings is 3. The third-order valence-electron chi connectivity index (χ3n) is 4.53. The third-order valence-corrected chi connectivity index (χ3v) is 6.18. The number of aromatic nitrogens is 1. The Hall–Kier alpha value is -2.28. The molecule has 0 radical (unpaired) electrons.